The zero-order valence-corrected chi connectivity index (χ0v) is 11.9. The van der Waals surface area contributed by atoms with Crippen LogP contribution >= 0.6 is 23.1 Å². The first-order valence-electron chi connectivity index (χ1n) is 6.19. The van der Waals surface area contributed by atoms with Crippen molar-refractivity contribution in [2.45, 2.75) is 29.7 Å². The summed E-state index contributed by atoms with van der Waals surface area (Å²) in [6, 6.07) is 1.92. The Labute approximate surface area is 119 Å². The number of nitrogens with zero attached hydrogens (tertiary/aromatic N) is 2. The van der Waals surface area contributed by atoms with E-state index in [0.717, 1.165) is 36.0 Å². The number of nitrogens with two attached hydrogens (primary N) is 1. The highest BCUT2D eigenvalue weighted by Gasteiger charge is 2.23. The molecule has 5 nitrogen and oxygen atoms in total. The number of aromatic nitrogens is 2. The van der Waals surface area contributed by atoms with Gasteiger partial charge < -0.3 is 11.1 Å². The Balaban J connectivity index is 1.85. The quantitative estimate of drug-likeness (QED) is 0.828. The van der Waals surface area contributed by atoms with E-state index in [4.69, 9.17) is 5.73 Å². The molecule has 3 N–H and O–H groups in total. The van der Waals surface area contributed by atoms with Crippen LogP contribution in [0.1, 0.15) is 19.3 Å². The molecule has 7 heteroatoms. The van der Waals surface area contributed by atoms with E-state index in [9.17, 15) is 4.79 Å². The minimum atomic E-state index is -0.112. The van der Waals surface area contributed by atoms with E-state index in [-0.39, 0.29) is 11.2 Å². The zero-order valence-electron chi connectivity index (χ0n) is 10.3. The summed E-state index contributed by atoms with van der Waals surface area (Å²) in [5.41, 5.74) is 5.91. The molecule has 1 fully saturated rings. The van der Waals surface area contributed by atoms with Crippen molar-refractivity contribution in [1.29, 1.82) is 0 Å². The summed E-state index contributed by atoms with van der Waals surface area (Å²) in [4.78, 5) is 21.5. The van der Waals surface area contributed by atoms with Crippen molar-refractivity contribution in [2.75, 3.05) is 12.3 Å². The molecule has 3 heterocycles. The number of hydrogen-bond acceptors (Lipinski definition) is 6. The van der Waals surface area contributed by atoms with E-state index in [1.54, 1.807) is 0 Å². The maximum atomic E-state index is 11.9. The van der Waals surface area contributed by atoms with Gasteiger partial charge in [0.25, 0.3) is 0 Å². The SMILES string of the molecule is Nc1nc(SC2CCCCNC2=O)nc2sccc12. The molecule has 1 unspecified atom stereocenters. The molecule has 1 aliphatic heterocycles. The third-order valence-electron chi connectivity index (χ3n) is 3.07. The van der Waals surface area contributed by atoms with E-state index < -0.39 is 0 Å². The molecule has 1 amide bonds. The number of carbonyl (C=O) groups is 1. The summed E-state index contributed by atoms with van der Waals surface area (Å²) < 4.78 is 0. The van der Waals surface area contributed by atoms with Crippen molar-refractivity contribution in [1.82, 2.24) is 15.3 Å². The minimum Gasteiger partial charge on any atom is -0.383 e. The molecule has 0 aromatic carbocycles. The molecule has 19 heavy (non-hydrogen) atoms. The van der Waals surface area contributed by atoms with Crippen LogP contribution in [-0.4, -0.2) is 27.7 Å². The third kappa shape index (κ3) is 2.66. The zero-order chi connectivity index (χ0) is 13.2. The summed E-state index contributed by atoms with van der Waals surface area (Å²) in [5, 5.41) is 6.23. The van der Waals surface area contributed by atoms with Crippen LogP contribution < -0.4 is 11.1 Å². The molecule has 1 saturated heterocycles. The Bertz CT molecular complexity index is 613. The van der Waals surface area contributed by atoms with Crippen LogP contribution in [0.4, 0.5) is 5.82 Å². The van der Waals surface area contributed by atoms with Gasteiger partial charge in [0.2, 0.25) is 5.91 Å². The standard InChI is InChI=1S/C12H14N4OS2/c13-9-7-4-6-18-11(7)16-12(15-9)19-8-3-1-2-5-14-10(8)17/h4,6,8H,1-3,5H2,(H,14,17)(H2,13,15,16). The predicted molar refractivity (Wildman–Crippen MR) is 78.3 cm³/mol. The van der Waals surface area contributed by atoms with E-state index in [2.05, 4.69) is 15.3 Å². The van der Waals surface area contributed by atoms with Gasteiger partial charge in [0.1, 0.15) is 10.6 Å². The molecule has 3 rings (SSSR count). The average Bonchev–Trinajstić information content (AvgIpc) is 2.77. The van der Waals surface area contributed by atoms with Crippen LogP contribution in [0.5, 0.6) is 0 Å². The first-order chi connectivity index (χ1) is 9.24. The molecule has 2 aromatic rings. The fourth-order valence-electron chi connectivity index (χ4n) is 2.06. The Hall–Kier alpha value is -1.34. The lowest BCUT2D eigenvalue weighted by molar-refractivity contribution is -0.120. The molecule has 1 aliphatic rings. The lowest BCUT2D eigenvalue weighted by atomic mass is 10.2. The van der Waals surface area contributed by atoms with Crippen molar-refractivity contribution in [2.24, 2.45) is 0 Å². The molecule has 0 bridgehead atoms. The van der Waals surface area contributed by atoms with Crippen LogP contribution in [0.3, 0.4) is 0 Å². The lowest BCUT2D eigenvalue weighted by Crippen LogP contribution is -2.30. The molecule has 2 aromatic heterocycles. The average molecular weight is 294 g/mol. The highest BCUT2D eigenvalue weighted by atomic mass is 32.2. The number of amides is 1. The topological polar surface area (TPSA) is 80.9 Å². The van der Waals surface area contributed by atoms with Crippen LogP contribution in [0, 0.1) is 0 Å². The van der Waals surface area contributed by atoms with Gasteiger partial charge in [-0.05, 0) is 24.3 Å². The van der Waals surface area contributed by atoms with E-state index in [1.165, 1.54) is 23.1 Å². The molecule has 0 spiro atoms. The maximum absolute atomic E-state index is 11.9. The van der Waals surface area contributed by atoms with E-state index in [1.807, 2.05) is 11.4 Å². The first kappa shape index (κ1) is 12.7. The number of fused-ring (bicyclic) bond motifs is 1. The molecule has 1 atom stereocenters. The van der Waals surface area contributed by atoms with Gasteiger partial charge in [-0.2, -0.15) is 0 Å². The van der Waals surface area contributed by atoms with Gasteiger partial charge in [-0.3, -0.25) is 4.79 Å². The lowest BCUT2D eigenvalue weighted by Gasteiger charge is -2.11. The smallest absolute Gasteiger partial charge is 0.233 e. The van der Waals surface area contributed by atoms with Crippen LogP contribution in [0.2, 0.25) is 0 Å². The number of nitrogens with one attached hydrogen (secondary N) is 1. The maximum Gasteiger partial charge on any atom is 0.233 e. The van der Waals surface area contributed by atoms with Gasteiger partial charge >= 0.3 is 0 Å². The summed E-state index contributed by atoms with van der Waals surface area (Å²) in [7, 11) is 0. The van der Waals surface area contributed by atoms with Gasteiger partial charge in [-0.1, -0.05) is 18.2 Å². The van der Waals surface area contributed by atoms with Crippen LogP contribution in [-0.2, 0) is 4.79 Å². The second-order valence-electron chi connectivity index (χ2n) is 4.42. The highest BCUT2D eigenvalue weighted by molar-refractivity contribution is 8.00. The van der Waals surface area contributed by atoms with Crippen molar-refractivity contribution in [3.63, 3.8) is 0 Å². The number of rotatable bonds is 2. The van der Waals surface area contributed by atoms with E-state index in [0.29, 0.717) is 11.0 Å². The Morgan fingerprint density at radius 1 is 1.42 bits per heavy atom. The Kier molecular flexibility index (Phi) is 3.56. The van der Waals surface area contributed by atoms with Crippen molar-refractivity contribution in [3.05, 3.63) is 11.4 Å². The van der Waals surface area contributed by atoms with Crippen LogP contribution in [0.15, 0.2) is 16.6 Å². The second-order valence-corrected chi connectivity index (χ2v) is 6.49. The number of thiophene rings is 1. The predicted octanol–water partition coefficient (Wildman–Crippen LogP) is 2.03. The first-order valence-corrected chi connectivity index (χ1v) is 7.95. The molecule has 0 saturated carbocycles. The van der Waals surface area contributed by atoms with Gasteiger partial charge in [0.15, 0.2) is 5.16 Å². The fourth-order valence-corrected chi connectivity index (χ4v) is 3.92. The Morgan fingerprint density at radius 3 is 3.21 bits per heavy atom. The van der Waals surface area contributed by atoms with Gasteiger partial charge in [0.05, 0.1) is 10.6 Å². The molecular formula is C12H14N4OS2. The van der Waals surface area contributed by atoms with Crippen molar-refractivity contribution in [3.8, 4) is 0 Å². The summed E-state index contributed by atoms with van der Waals surface area (Å²) in [6.07, 6.45) is 2.95. The highest BCUT2D eigenvalue weighted by Crippen LogP contribution is 2.30. The largest absolute Gasteiger partial charge is 0.383 e. The van der Waals surface area contributed by atoms with Crippen molar-refractivity contribution >= 4 is 45.0 Å². The fraction of sp³-hybridized carbons (Fsp3) is 0.417. The van der Waals surface area contributed by atoms with E-state index >= 15 is 0 Å². The molecule has 100 valence electrons. The number of carbonyl (C=O) groups excluding carboxylic acids is 1. The summed E-state index contributed by atoms with van der Waals surface area (Å²) in [5.74, 6) is 0.568. The number of thioether (sulfide) groups is 1. The third-order valence-corrected chi connectivity index (χ3v) is 5.00. The van der Waals surface area contributed by atoms with Gasteiger partial charge in [0, 0.05) is 6.54 Å². The summed E-state index contributed by atoms with van der Waals surface area (Å²) in [6.45, 7) is 0.767. The van der Waals surface area contributed by atoms with Crippen molar-refractivity contribution < 1.29 is 4.79 Å². The molecule has 0 radical (unpaired) electrons. The summed E-state index contributed by atoms with van der Waals surface area (Å²) >= 11 is 2.95. The van der Waals surface area contributed by atoms with Crippen LogP contribution in [0.25, 0.3) is 10.2 Å². The number of hydrogen-bond donors (Lipinski definition) is 2. The second kappa shape index (κ2) is 5.34. The van der Waals surface area contributed by atoms with Gasteiger partial charge in [-0.25, -0.2) is 9.97 Å². The Morgan fingerprint density at radius 2 is 2.32 bits per heavy atom. The van der Waals surface area contributed by atoms with Gasteiger partial charge in [-0.15, -0.1) is 11.3 Å². The molecular weight excluding hydrogens is 280 g/mol. The number of nitrogen functional groups attached to an aromatic ring is 1. The number of anilines is 1. The minimum absolute atomic E-state index is 0.0796. The normalized spacial score (nSPS) is 20.2. The monoisotopic (exact) mass is 294 g/mol. The molecule has 0 aliphatic carbocycles.